The molecule has 0 spiro atoms. The fraction of sp³-hybridized carbons (Fsp3) is 0. The van der Waals surface area contributed by atoms with Gasteiger partial charge in [0.05, 0.1) is 0 Å². The van der Waals surface area contributed by atoms with Gasteiger partial charge in [0.25, 0.3) is 0 Å². The Balaban J connectivity index is -0.0000000178. The second-order valence-electron chi connectivity index (χ2n) is 0.896. The molecule has 4 N–H and O–H groups in total. The van der Waals surface area contributed by atoms with Crippen LogP contribution in [0.25, 0.3) is 0 Å². The van der Waals surface area contributed by atoms with Crippen LogP contribution in [0.15, 0.2) is 0 Å². The van der Waals surface area contributed by atoms with E-state index in [-0.39, 0.29) is 51.3 Å². The first kappa shape index (κ1) is 23.3. The Morgan fingerprint density at radius 2 is 0.750 bits per heavy atom. The molecular weight excluding hydrogens is 222 g/mol. The van der Waals surface area contributed by atoms with Crippen LogP contribution in [0.5, 0.6) is 0 Å². The minimum Gasteiger partial charge on any atom is -1.00 e. The quantitative estimate of drug-likeness (QED) is 0.236. The first-order chi connectivity index (χ1) is 4.00. The molecule has 0 fully saturated rings. The summed E-state index contributed by atoms with van der Waals surface area (Å²) in [5.74, 6) is 0. The molecule has 0 aliphatic carbocycles. The maximum Gasteiger partial charge on any atom is 1.00 e. The summed E-state index contributed by atoms with van der Waals surface area (Å²) in [5, 5.41) is 0. The zero-order valence-electron chi connectivity index (χ0n) is 8.24. The Hall–Kier alpha value is 1.34. The first-order valence-corrected chi connectivity index (χ1v) is 4.19. The smallest absolute Gasteiger partial charge is 1.00 e. The summed E-state index contributed by atoms with van der Waals surface area (Å²) < 4.78 is 63.2. The molecule has 0 aliphatic rings. The van der Waals surface area contributed by atoms with Crippen LogP contribution in [0.2, 0.25) is 0 Å². The summed E-state index contributed by atoms with van der Waals surface area (Å²) in [7, 11) is -9.33. The van der Waals surface area contributed by atoms with Crippen molar-refractivity contribution in [2.24, 2.45) is 0 Å². The molecule has 0 amide bonds. The third-order valence-electron chi connectivity index (χ3n) is 0. The van der Waals surface area contributed by atoms with Crippen LogP contribution in [0.4, 0.5) is 0 Å². The predicted octanol–water partition coefficient (Wildman–Crippen LogP) is -7.07. The first-order valence-electron chi connectivity index (χ1n) is 1.40. The van der Waals surface area contributed by atoms with Crippen LogP contribution in [-0.4, -0.2) is 35.0 Å². The van der Waals surface area contributed by atoms with Crippen molar-refractivity contribution >= 4 is 20.8 Å². The maximum absolute atomic E-state index is 8.74. The molecular formula is H6LiNaO8S2. The van der Waals surface area contributed by atoms with Crippen LogP contribution in [0.1, 0.15) is 2.85 Å². The summed E-state index contributed by atoms with van der Waals surface area (Å²) in [5.41, 5.74) is 0. The fourth-order valence-electron chi connectivity index (χ4n) is 0. The van der Waals surface area contributed by atoms with Gasteiger partial charge in [-0.1, -0.05) is 0 Å². The maximum atomic E-state index is 8.74. The summed E-state index contributed by atoms with van der Waals surface area (Å²) >= 11 is 0. The standard InChI is InChI=1S/Li.Na.2H2O4S.2H/c;;2*1-5(2,3)4;;/h;;2*(H2,1,2,3,4);;/q2*+1;;;2*-1. The van der Waals surface area contributed by atoms with Gasteiger partial charge in [0.2, 0.25) is 0 Å². The molecule has 0 atom stereocenters. The van der Waals surface area contributed by atoms with Gasteiger partial charge in [0, 0.05) is 0 Å². The summed E-state index contributed by atoms with van der Waals surface area (Å²) in [6.45, 7) is 0. The van der Waals surface area contributed by atoms with Crippen molar-refractivity contribution in [1.82, 2.24) is 0 Å². The van der Waals surface area contributed by atoms with E-state index in [1.165, 1.54) is 0 Å². The van der Waals surface area contributed by atoms with Gasteiger partial charge in [-0.15, -0.1) is 0 Å². The van der Waals surface area contributed by atoms with Crippen molar-refractivity contribution in [3.8, 4) is 0 Å². The molecule has 8 nitrogen and oxygen atoms in total. The monoisotopic (exact) mass is 228 g/mol. The van der Waals surface area contributed by atoms with E-state index in [9.17, 15) is 0 Å². The Morgan fingerprint density at radius 3 is 0.750 bits per heavy atom. The third-order valence-corrected chi connectivity index (χ3v) is 0. The van der Waals surface area contributed by atoms with E-state index in [0.29, 0.717) is 0 Å². The molecule has 0 radical (unpaired) electrons. The van der Waals surface area contributed by atoms with E-state index in [1.54, 1.807) is 0 Å². The van der Waals surface area contributed by atoms with Gasteiger partial charge >= 0.3 is 69.2 Å². The fourth-order valence-corrected chi connectivity index (χ4v) is 0. The van der Waals surface area contributed by atoms with E-state index in [0.717, 1.165) is 0 Å². The third kappa shape index (κ3) is 677. The zero-order valence-corrected chi connectivity index (χ0v) is 9.87. The molecule has 0 unspecified atom stereocenters. The SMILES string of the molecule is O=S(=O)(O)O.O=S(=O)(O)O.[H-].[H-].[Li+].[Na+]. The summed E-state index contributed by atoms with van der Waals surface area (Å²) in [6.07, 6.45) is 0. The van der Waals surface area contributed by atoms with Crippen LogP contribution in [0.3, 0.4) is 0 Å². The van der Waals surface area contributed by atoms with Crippen LogP contribution in [0, 0.1) is 0 Å². The molecule has 0 aromatic rings. The minimum absolute atomic E-state index is 0. The van der Waals surface area contributed by atoms with Gasteiger partial charge in [-0.25, -0.2) is 0 Å². The number of hydrogen-bond acceptors (Lipinski definition) is 4. The van der Waals surface area contributed by atoms with Gasteiger partial charge in [0.1, 0.15) is 0 Å². The number of rotatable bonds is 0. The van der Waals surface area contributed by atoms with Crippen molar-refractivity contribution in [2.75, 3.05) is 0 Å². The van der Waals surface area contributed by atoms with Crippen LogP contribution < -0.4 is 48.4 Å². The minimum atomic E-state index is -4.67. The molecule has 0 aromatic carbocycles. The number of hydrogen-bond donors (Lipinski definition) is 4. The zero-order chi connectivity index (χ0) is 9.00. The van der Waals surface area contributed by atoms with Gasteiger partial charge < -0.3 is 2.85 Å². The van der Waals surface area contributed by atoms with E-state index in [1.807, 2.05) is 0 Å². The molecule has 0 aliphatic heterocycles. The van der Waals surface area contributed by atoms with Crippen molar-refractivity contribution in [1.29, 1.82) is 0 Å². The van der Waals surface area contributed by atoms with Gasteiger partial charge in [-0.2, -0.15) is 16.8 Å². The second-order valence-corrected chi connectivity index (χ2v) is 2.69. The second kappa shape index (κ2) is 8.91. The van der Waals surface area contributed by atoms with E-state index >= 15 is 0 Å². The van der Waals surface area contributed by atoms with Gasteiger partial charge in [-0.05, 0) is 0 Å². The van der Waals surface area contributed by atoms with E-state index in [2.05, 4.69) is 0 Å². The molecule has 0 rings (SSSR count). The molecule has 12 heavy (non-hydrogen) atoms. The molecule has 0 bridgehead atoms. The Kier molecular flexibility index (Phi) is 17.3. The van der Waals surface area contributed by atoms with Gasteiger partial charge in [-0.3, -0.25) is 18.2 Å². The Morgan fingerprint density at radius 1 is 0.750 bits per heavy atom. The molecule has 68 valence electrons. The molecule has 0 heterocycles. The van der Waals surface area contributed by atoms with E-state index in [4.69, 9.17) is 35.0 Å². The van der Waals surface area contributed by atoms with Crippen molar-refractivity contribution < 1.29 is 86.3 Å². The Labute approximate surface area is 106 Å². The molecule has 0 aromatic heterocycles. The normalized spacial score (nSPS) is 9.67. The predicted molar refractivity (Wildman–Crippen MR) is 30.6 cm³/mol. The average molecular weight is 228 g/mol. The van der Waals surface area contributed by atoms with Crippen molar-refractivity contribution in [2.45, 2.75) is 0 Å². The van der Waals surface area contributed by atoms with Crippen molar-refractivity contribution in [3.05, 3.63) is 0 Å². The topological polar surface area (TPSA) is 149 Å². The summed E-state index contributed by atoms with van der Waals surface area (Å²) in [4.78, 5) is 0. The van der Waals surface area contributed by atoms with Gasteiger partial charge in [0.15, 0.2) is 0 Å². The van der Waals surface area contributed by atoms with Crippen molar-refractivity contribution in [3.63, 3.8) is 0 Å². The average Bonchev–Trinajstić information content (AvgIpc) is 1.12. The molecule has 0 saturated heterocycles. The Bertz CT molecular complexity index is 222. The van der Waals surface area contributed by atoms with Crippen LogP contribution >= 0.6 is 0 Å². The summed E-state index contributed by atoms with van der Waals surface area (Å²) in [6, 6.07) is 0. The largest absolute Gasteiger partial charge is 1.00 e. The molecule has 12 heteroatoms. The van der Waals surface area contributed by atoms with Crippen LogP contribution in [-0.2, 0) is 20.8 Å². The molecule has 0 saturated carbocycles. The van der Waals surface area contributed by atoms with E-state index < -0.39 is 20.8 Å².